The molecule has 0 aliphatic heterocycles. The van der Waals surface area contributed by atoms with E-state index < -0.39 is 0 Å². The number of rotatable bonds is 5. The number of thiazole rings is 1. The molecule has 3 rings (SSSR count). The van der Waals surface area contributed by atoms with Crippen LogP contribution in [0.5, 0.6) is 0 Å². The number of hydrogen-bond donors (Lipinski definition) is 0. The van der Waals surface area contributed by atoms with Crippen molar-refractivity contribution in [3.05, 3.63) is 64.0 Å². The van der Waals surface area contributed by atoms with Crippen molar-refractivity contribution in [2.45, 2.75) is 19.9 Å². The molecule has 3 aromatic rings. The fourth-order valence-electron chi connectivity index (χ4n) is 2.25. The second-order valence-corrected chi connectivity index (χ2v) is 7.34. The van der Waals surface area contributed by atoms with Gasteiger partial charge in [0.05, 0.1) is 17.0 Å². The van der Waals surface area contributed by atoms with Gasteiger partial charge in [0.15, 0.2) is 0 Å². The van der Waals surface area contributed by atoms with Gasteiger partial charge >= 0.3 is 0 Å². The van der Waals surface area contributed by atoms with Crippen molar-refractivity contribution in [1.82, 2.24) is 9.88 Å². The average Bonchev–Trinajstić information content (AvgIpc) is 3.20. The third-order valence-corrected chi connectivity index (χ3v) is 5.51. The molecule has 0 spiro atoms. The van der Waals surface area contributed by atoms with Gasteiger partial charge in [0.2, 0.25) is 5.91 Å². The van der Waals surface area contributed by atoms with E-state index in [4.69, 9.17) is 0 Å². The van der Waals surface area contributed by atoms with Gasteiger partial charge in [-0.3, -0.25) is 4.79 Å². The predicted molar refractivity (Wildman–Crippen MR) is 96.8 cm³/mol. The van der Waals surface area contributed by atoms with Crippen LogP contribution in [0.4, 0.5) is 0 Å². The average molecular weight is 342 g/mol. The van der Waals surface area contributed by atoms with Crippen LogP contribution in [0.1, 0.15) is 16.8 Å². The standard InChI is InChI=1S/C18H18N2OS2/c1-13-5-7-14(8-6-13)11-20(2)17(21)10-15-12-23-18(19-15)16-4-3-9-22-16/h3-9,12H,10-11H2,1-2H3. The summed E-state index contributed by atoms with van der Waals surface area (Å²) in [6, 6.07) is 12.3. The van der Waals surface area contributed by atoms with Gasteiger partial charge in [-0.1, -0.05) is 35.9 Å². The van der Waals surface area contributed by atoms with Gasteiger partial charge in [0.25, 0.3) is 0 Å². The smallest absolute Gasteiger partial charge is 0.228 e. The number of benzene rings is 1. The van der Waals surface area contributed by atoms with Crippen molar-refractivity contribution in [1.29, 1.82) is 0 Å². The Morgan fingerprint density at radius 1 is 1.17 bits per heavy atom. The molecular weight excluding hydrogens is 324 g/mol. The monoisotopic (exact) mass is 342 g/mol. The number of carbonyl (C=O) groups excluding carboxylic acids is 1. The Balaban J connectivity index is 1.61. The Morgan fingerprint density at radius 2 is 1.96 bits per heavy atom. The van der Waals surface area contributed by atoms with Crippen molar-refractivity contribution in [3.63, 3.8) is 0 Å². The Bertz CT molecular complexity index is 776. The molecule has 0 fully saturated rings. The van der Waals surface area contributed by atoms with Crippen LogP contribution in [0, 0.1) is 6.92 Å². The normalized spacial score (nSPS) is 10.7. The highest BCUT2D eigenvalue weighted by Gasteiger charge is 2.13. The fourth-order valence-corrected chi connectivity index (χ4v) is 3.88. The number of hydrogen-bond acceptors (Lipinski definition) is 4. The number of thiophene rings is 1. The molecule has 0 atom stereocenters. The number of aryl methyl sites for hydroxylation is 1. The van der Waals surface area contributed by atoms with Crippen LogP contribution in [-0.2, 0) is 17.8 Å². The molecule has 0 bridgehead atoms. The second kappa shape index (κ2) is 7.06. The van der Waals surface area contributed by atoms with Gasteiger partial charge in [-0.25, -0.2) is 4.98 Å². The lowest BCUT2D eigenvalue weighted by Crippen LogP contribution is -2.27. The lowest BCUT2D eigenvalue weighted by molar-refractivity contribution is -0.129. The minimum absolute atomic E-state index is 0.0913. The molecule has 2 heterocycles. The summed E-state index contributed by atoms with van der Waals surface area (Å²) in [5, 5.41) is 5.01. The van der Waals surface area contributed by atoms with Crippen LogP contribution in [-0.4, -0.2) is 22.8 Å². The first-order valence-electron chi connectivity index (χ1n) is 7.39. The number of likely N-dealkylation sites (N-methyl/N-ethyl adjacent to an activating group) is 1. The summed E-state index contributed by atoms with van der Waals surface area (Å²) >= 11 is 3.27. The molecule has 118 valence electrons. The van der Waals surface area contributed by atoms with Crippen molar-refractivity contribution in [2.75, 3.05) is 7.05 Å². The summed E-state index contributed by atoms with van der Waals surface area (Å²) < 4.78 is 0. The third-order valence-electron chi connectivity index (χ3n) is 3.58. The molecule has 2 aromatic heterocycles. The first-order valence-corrected chi connectivity index (χ1v) is 9.15. The van der Waals surface area contributed by atoms with E-state index in [0.717, 1.165) is 21.1 Å². The van der Waals surface area contributed by atoms with E-state index in [2.05, 4.69) is 42.2 Å². The number of aromatic nitrogens is 1. The van der Waals surface area contributed by atoms with Crippen LogP contribution in [0.2, 0.25) is 0 Å². The third kappa shape index (κ3) is 4.06. The highest BCUT2D eigenvalue weighted by Crippen LogP contribution is 2.28. The zero-order valence-corrected chi connectivity index (χ0v) is 14.8. The molecule has 23 heavy (non-hydrogen) atoms. The predicted octanol–water partition coefficient (Wildman–Crippen LogP) is 4.38. The number of nitrogens with zero attached hydrogens (tertiary/aromatic N) is 2. The highest BCUT2D eigenvalue weighted by molar-refractivity contribution is 7.20. The Labute approximate surface area is 144 Å². The van der Waals surface area contributed by atoms with Gasteiger partial charge in [-0.15, -0.1) is 22.7 Å². The zero-order valence-electron chi connectivity index (χ0n) is 13.2. The van der Waals surface area contributed by atoms with Gasteiger partial charge in [0, 0.05) is 19.0 Å². The minimum Gasteiger partial charge on any atom is -0.341 e. The maximum Gasteiger partial charge on any atom is 0.228 e. The second-order valence-electron chi connectivity index (χ2n) is 5.53. The first kappa shape index (κ1) is 15.9. The Hall–Kier alpha value is -1.98. The molecule has 0 aliphatic rings. The van der Waals surface area contributed by atoms with Crippen molar-refractivity contribution in [3.8, 4) is 9.88 Å². The molecular formula is C18H18N2OS2. The largest absolute Gasteiger partial charge is 0.341 e. The number of amides is 1. The molecule has 5 heteroatoms. The summed E-state index contributed by atoms with van der Waals surface area (Å²) in [6.45, 7) is 2.69. The maximum absolute atomic E-state index is 12.4. The van der Waals surface area contributed by atoms with E-state index in [-0.39, 0.29) is 5.91 Å². The van der Waals surface area contributed by atoms with Gasteiger partial charge in [-0.2, -0.15) is 0 Å². The highest BCUT2D eigenvalue weighted by atomic mass is 32.1. The van der Waals surface area contributed by atoms with Crippen molar-refractivity contribution >= 4 is 28.6 Å². The molecule has 0 unspecified atom stereocenters. The summed E-state index contributed by atoms with van der Waals surface area (Å²) in [5.41, 5.74) is 3.22. The topological polar surface area (TPSA) is 33.2 Å². The lowest BCUT2D eigenvalue weighted by Gasteiger charge is -2.16. The number of carbonyl (C=O) groups is 1. The van der Waals surface area contributed by atoms with Gasteiger partial charge in [-0.05, 0) is 23.9 Å². The first-order chi connectivity index (χ1) is 11.1. The van der Waals surface area contributed by atoms with Gasteiger partial charge < -0.3 is 4.90 Å². The van der Waals surface area contributed by atoms with E-state index in [1.807, 2.05) is 23.9 Å². The molecule has 0 aliphatic carbocycles. The SMILES string of the molecule is Cc1ccc(CN(C)C(=O)Cc2csc(-c3cccs3)n2)cc1. The molecule has 0 N–H and O–H groups in total. The van der Waals surface area contributed by atoms with E-state index in [9.17, 15) is 4.79 Å². The molecule has 1 aromatic carbocycles. The molecule has 0 radical (unpaired) electrons. The van der Waals surface area contributed by atoms with E-state index in [0.29, 0.717) is 13.0 Å². The quantitative estimate of drug-likeness (QED) is 0.689. The Morgan fingerprint density at radius 3 is 2.65 bits per heavy atom. The lowest BCUT2D eigenvalue weighted by atomic mass is 10.1. The van der Waals surface area contributed by atoms with Crippen LogP contribution in [0.25, 0.3) is 9.88 Å². The molecule has 0 saturated heterocycles. The van der Waals surface area contributed by atoms with E-state index in [1.54, 1.807) is 27.6 Å². The van der Waals surface area contributed by atoms with Crippen molar-refractivity contribution in [2.24, 2.45) is 0 Å². The molecule has 3 nitrogen and oxygen atoms in total. The fraction of sp³-hybridized carbons (Fsp3) is 0.222. The van der Waals surface area contributed by atoms with Crippen LogP contribution in [0.15, 0.2) is 47.2 Å². The minimum atomic E-state index is 0.0913. The van der Waals surface area contributed by atoms with E-state index in [1.165, 1.54) is 5.56 Å². The maximum atomic E-state index is 12.4. The van der Waals surface area contributed by atoms with Crippen LogP contribution < -0.4 is 0 Å². The van der Waals surface area contributed by atoms with E-state index >= 15 is 0 Å². The summed E-state index contributed by atoms with van der Waals surface area (Å²) in [6.07, 6.45) is 0.351. The summed E-state index contributed by atoms with van der Waals surface area (Å²) in [4.78, 5) is 19.9. The van der Waals surface area contributed by atoms with Crippen molar-refractivity contribution < 1.29 is 4.79 Å². The zero-order chi connectivity index (χ0) is 16.2. The summed E-state index contributed by atoms with van der Waals surface area (Å²) in [7, 11) is 1.84. The molecule has 0 saturated carbocycles. The van der Waals surface area contributed by atoms with Crippen LogP contribution >= 0.6 is 22.7 Å². The van der Waals surface area contributed by atoms with Gasteiger partial charge in [0.1, 0.15) is 5.01 Å². The molecule has 1 amide bonds. The Kier molecular flexibility index (Phi) is 4.88. The van der Waals surface area contributed by atoms with Crippen LogP contribution in [0.3, 0.4) is 0 Å². The summed E-state index contributed by atoms with van der Waals surface area (Å²) in [5.74, 6) is 0.0913.